The van der Waals surface area contributed by atoms with Crippen molar-refractivity contribution in [1.29, 1.82) is 0 Å². The molecule has 206 valence electrons. The number of imide groups is 1. The van der Waals surface area contributed by atoms with E-state index in [1.54, 1.807) is 38.1 Å². The van der Waals surface area contributed by atoms with Crippen molar-refractivity contribution in [1.82, 2.24) is 15.5 Å². The molecular formula is C25H32N4O9. The van der Waals surface area contributed by atoms with Crippen LogP contribution >= 0.6 is 0 Å². The summed E-state index contributed by atoms with van der Waals surface area (Å²) in [5.41, 5.74) is 1.25. The molecule has 0 spiro atoms. The highest BCUT2D eigenvalue weighted by molar-refractivity contribution is 6.12. The van der Waals surface area contributed by atoms with Crippen molar-refractivity contribution in [3.63, 3.8) is 0 Å². The van der Waals surface area contributed by atoms with Crippen molar-refractivity contribution >= 4 is 41.7 Å². The Labute approximate surface area is 219 Å². The summed E-state index contributed by atoms with van der Waals surface area (Å²) in [5, 5.41) is 7.73. The number of hydrogen-bond acceptors (Lipinski definition) is 9. The van der Waals surface area contributed by atoms with Crippen molar-refractivity contribution in [3.05, 3.63) is 42.0 Å². The van der Waals surface area contributed by atoms with Gasteiger partial charge in [0.2, 0.25) is 17.7 Å². The molecule has 1 unspecified atom stereocenters. The first-order valence-corrected chi connectivity index (χ1v) is 11.9. The van der Waals surface area contributed by atoms with E-state index in [0.717, 1.165) is 10.5 Å². The summed E-state index contributed by atoms with van der Waals surface area (Å²) in [6, 6.07) is 5.77. The van der Waals surface area contributed by atoms with Crippen LogP contribution in [-0.2, 0) is 49.6 Å². The van der Waals surface area contributed by atoms with Gasteiger partial charge in [-0.2, -0.15) is 0 Å². The van der Waals surface area contributed by atoms with Gasteiger partial charge in [0.25, 0.3) is 18.3 Å². The van der Waals surface area contributed by atoms with Gasteiger partial charge >= 0.3 is 0 Å². The predicted octanol–water partition coefficient (Wildman–Crippen LogP) is -0.487. The van der Waals surface area contributed by atoms with E-state index in [0.29, 0.717) is 12.2 Å². The summed E-state index contributed by atoms with van der Waals surface area (Å²) >= 11 is 0. The Morgan fingerprint density at radius 2 is 1.61 bits per heavy atom. The molecule has 1 aliphatic heterocycles. The second kappa shape index (κ2) is 15.9. The Morgan fingerprint density at radius 3 is 2.24 bits per heavy atom. The second-order valence-electron chi connectivity index (χ2n) is 8.49. The van der Waals surface area contributed by atoms with Crippen molar-refractivity contribution in [2.75, 3.05) is 44.8 Å². The van der Waals surface area contributed by atoms with Gasteiger partial charge in [0.05, 0.1) is 32.9 Å². The summed E-state index contributed by atoms with van der Waals surface area (Å²) in [7, 11) is 0. The monoisotopic (exact) mass is 532 g/mol. The lowest BCUT2D eigenvalue weighted by molar-refractivity contribution is -0.138. The molecule has 0 bridgehead atoms. The first-order chi connectivity index (χ1) is 18.2. The number of amides is 5. The number of carbonyl (C=O) groups excluding carboxylic acids is 6. The molecule has 1 aromatic rings. The van der Waals surface area contributed by atoms with Crippen LogP contribution in [0.1, 0.15) is 19.4 Å². The number of anilines is 1. The molecule has 0 saturated heterocycles. The van der Waals surface area contributed by atoms with Crippen LogP contribution in [0, 0.1) is 5.92 Å². The van der Waals surface area contributed by atoms with Gasteiger partial charge in [0.15, 0.2) is 0 Å². The summed E-state index contributed by atoms with van der Waals surface area (Å²) < 4.78 is 15.2. The van der Waals surface area contributed by atoms with E-state index in [1.165, 1.54) is 12.2 Å². The van der Waals surface area contributed by atoms with Crippen LogP contribution in [0.3, 0.4) is 0 Å². The second-order valence-corrected chi connectivity index (χ2v) is 8.49. The smallest absolute Gasteiger partial charge is 0.293 e. The van der Waals surface area contributed by atoms with E-state index in [9.17, 15) is 28.8 Å². The average Bonchev–Trinajstić information content (AvgIpc) is 3.21. The lowest BCUT2D eigenvalue weighted by Gasteiger charge is -2.21. The molecule has 1 heterocycles. The molecule has 13 nitrogen and oxygen atoms in total. The molecule has 0 fully saturated rings. The van der Waals surface area contributed by atoms with Gasteiger partial charge in [-0.25, -0.2) is 0 Å². The zero-order chi connectivity index (χ0) is 27.9. The van der Waals surface area contributed by atoms with Crippen LogP contribution in [-0.4, -0.2) is 86.5 Å². The Balaban J connectivity index is 1.63. The number of carbonyl (C=O) groups is 6. The molecule has 1 atom stereocenters. The van der Waals surface area contributed by atoms with Crippen LogP contribution in [0.5, 0.6) is 0 Å². The van der Waals surface area contributed by atoms with Crippen molar-refractivity contribution in [2.24, 2.45) is 5.92 Å². The summed E-state index contributed by atoms with van der Waals surface area (Å²) in [6.45, 7) is 3.87. The highest BCUT2D eigenvalue weighted by Gasteiger charge is 2.25. The normalized spacial score (nSPS) is 13.4. The Hall–Kier alpha value is -4.10. The van der Waals surface area contributed by atoms with E-state index in [-0.39, 0.29) is 63.9 Å². The zero-order valence-corrected chi connectivity index (χ0v) is 21.3. The number of hydrogen-bond donors (Lipinski definition) is 3. The van der Waals surface area contributed by atoms with Gasteiger partial charge < -0.3 is 30.2 Å². The van der Waals surface area contributed by atoms with E-state index in [2.05, 4.69) is 20.7 Å². The minimum absolute atomic E-state index is 0.0946. The minimum Gasteiger partial charge on any atom is -0.463 e. The molecule has 3 N–H and O–H groups in total. The van der Waals surface area contributed by atoms with Crippen LogP contribution in [0.25, 0.3) is 0 Å². The van der Waals surface area contributed by atoms with E-state index in [4.69, 9.17) is 9.47 Å². The standard InChI is InChI=1S/C25H32N4O9/c1-17(2)24(25(35)26-13-20(31)27-19-5-3-18(4-6-19)14-38-16-30)28-21(32)15-37-12-11-36-10-9-29-22(33)7-8-23(29)34/h3-8,16-17,24H,9-15H2,1-2H3,(H,26,35)(H,27,31)(H,28,32). The van der Waals surface area contributed by atoms with Crippen LogP contribution < -0.4 is 16.0 Å². The fourth-order valence-corrected chi connectivity index (χ4v) is 3.24. The molecule has 0 saturated carbocycles. The molecule has 0 aliphatic carbocycles. The van der Waals surface area contributed by atoms with Crippen molar-refractivity contribution < 1.29 is 43.0 Å². The highest BCUT2D eigenvalue weighted by Crippen LogP contribution is 2.10. The van der Waals surface area contributed by atoms with Crippen LogP contribution in [0.2, 0.25) is 0 Å². The molecule has 1 aliphatic rings. The SMILES string of the molecule is CC(C)C(NC(=O)COCCOCCN1C(=O)C=CC1=O)C(=O)NCC(=O)Nc1ccc(COC=O)cc1. The molecular weight excluding hydrogens is 500 g/mol. The highest BCUT2D eigenvalue weighted by atomic mass is 16.5. The lowest BCUT2D eigenvalue weighted by atomic mass is 10.0. The summed E-state index contributed by atoms with van der Waals surface area (Å²) in [6.07, 6.45) is 2.39. The largest absolute Gasteiger partial charge is 0.463 e. The summed E-state index contributed by atoms with van der Waals surface area (Å²) in [5.74, 6) is -2.51. The van der Waals surface area contributed by atoms with Gasteiger partial charge in [-0.05, 0) is 23.6 Å². The quantitative estimate of drug-likeness (QED) is 0.136. The number of ether oxygens (including phenoxy) is 3. The fraction of sp³-hybridized carbons (Fsp3) is 0.440. The number of benzene rings is 1. The first-order valence-electron chi connectivity index (χ1n) is 11.9. The molecule has 38 heavy (non-hydrogen) atoms. The first kappa shape index (κ1) is 30.1. The maximum absolute atomic E-state index is 12.6. The Bertz CT molecular complexity index is 1010. The van der Waals surface area contributed by atoms with E-state index >= 15 is 0 Å². The third-order valence-corrected chi connectivity index (χ3v) is 5.21. The molecule has 0 radical (unpaired) electrons. The maximum Gasteiger partial charge on any atom is 0.293 e. The number of rotatable bonds is 17. The number of nitrogens with zero attached hydrogens (tertiary/aromatic N) is 1. The molecule has 1 aromatic carbocycles. The van der Waals surface area contributed by atoms with Crippen molar-refractivity contribution in [3.8, 4) is 0 Å². The number of nitrogens with one attached hydrogen (secondary N) is 3. The van der Waals surface area contributed by atoms with Crippen LogP contribution in [0.15, 0.2) is 36.4 Å². The molecule has 0 aromatic heterocycles. The summed E-state index contributed by atoms with van der Waals surface area (Å²) in [4.78, 5) is 71.1. The Morgan fingerprint density at radius 1 is 0.947 bits per heavy atom. The Kier molecular flexibility index (Phi) is 12.6. The topological polar surface area (TPSA) is 169 Å². The predicted molar refractivity (Wildman–Crippen MR) is 133 cm³/mol. The average molecular weight is 533 g/mol. The molecule has 2 rings (SSSR count). The van der Waals surface area contributed by atoms with Gasteiger partial charge in [-0.3, -0.25) is 33.7 Å². The van der Waals surface area contributed by atoms with Crippen LogP contribution in [0.4, 0.5) is 5.69 Å². The van der Waals surface area contributed by atoms with Gasteiger partial charge in [-0.15, -0.1) is 0 Å². The minimum atomic E-state index is -0.878. The molecule has 5 amide bonds. The van der Waals surface area contributed by atoms with Gasteiger partial charge in [0, 0.05) is 17.8 Å². The van der Waals surface area contributed by atoms with Crippen molar-refractivity contribution in [2.45, 2.75) is 26.5 Å². The lowest BCUT2D eigenvalue weighted by Crippen LogP contribution is -2.51. The van der Waals surface area contributed by atoms with E-state index < -0.39 is 23.8 Å². The van der Waals surface area contributed by atoms with E-state index in [1.807, 2.05) is 0 Å². The third kappa shape index (κ3) is 10.5. The maximum atomic E-state index is 12.6. The third-order valence-electron chi connectivity index (χ3n) is 5.21. The fourth-order valence-electron chi connectivity index (χ4n) is 3.24. The molecule has 13 heteroatoms. The van der Waals surface area contributed by atoms with Gasteiger partial charge in [-0.1, -0.05) is 26.0 Å². The zero-order valence-electron chi connectivity index (χ0n) is 21.3. The van der Waals surface area contributed by atoms with Gasteiger partial charge in [0.1, 0.15) is 19.3 Å².